The number of ether oxygens (including phenoxy) is 1. The molecular formula is C14H20N2OS. The Bertz CT molecular complexity index is 560. The number of rotatable bonds is 4. The normalized spacial score (nSPS) is 11.4. The predicted molar refractivity (Wildman–Crippen MR) is 78.6 cm³/mol. The average molecular weight is 264 g/mol. The molecule has 3 nitrogen and oxygen atoms in total. The van der Waals surface area contributed by atoms with Crippen LogP contribution in [0.1, 0.15) is 44.2 Å². The molecule has 0 aliphatic heterocycles. The van der Waals surface area contributed by atoms with E-state index in [-0.39, 0.29) is 0 Å². The van der Waals surface area contributed by atoms with Crippen molar-refractivity contribution in [1.82, 2.24) is 4.98 Å². The Labute approximate surface area is 112 Å². The number of nitrogens with two attached hydrogens (primary N) is 1. The molecule has 0 amide bonds. The van der Waals surface area contributed by atoms with Gasteiger partial charge in [-0.05, 0) is 30.9 Å². The molecule has 0 saturated heterocycles. The minimum absolute atomic E-state index is 0.403. The fourth-order valence-electron chi connectivity index (χ4n) is 2.12. The second-order valence-electron chi connectivity index (χ2n) is 4.84. The molecule has 0 radical (unpaired) electrons. The number of benzene rings is 1. The second-order valence-corrected chi connectivity index (χ2v) is 5.87. The number of thiazole rings is 1. The average Bonchev–Trinajstić information content (AvgIpc) is 2.67. The van der Waals surface area contributed by atoms with Crippen LogP contribution in [0.2, 0.25) is 0 Å². The van der Waals surface area contributed by atoms with Gasteiger partial charge in [-0.15, -0.1) is 0 Å². The summed E-state index contributed by atoms with van der Waals surface area (Å²) >= 11 is 1.56. The summed E-state index contributed by atoms with van der Waals surface area (Å²) < 4.78 is 7.06. The SMILES string of the molecule is CCCOc1cc(C)c2nc(N)sc2c1C(C)C. The minimum Gasteiger partial charge on any atom is -0.493 e. The lowest BCUT2D eigenvalue weighted by Gasteiger charge is -2.15. The van der Waals surface area contributed by atoms with Crippen LogP contribution in [0.4, 0.5) is 5.13 Å². The zero-order valence-electron chi connectivity index (χ0n) is 11.4. The number of anilines is 1. The van der Waals surface area contributed by atoms with Gasteiger partial charge in [0.15, 0.2) is 5.13 Å². The van der Waals surface area contributed by atoms with Crippen LogP contribution in [-0.4, -0.2) is 11.6 Å². The summed E-state index contributed by atoms with van der Waals surface area (Å²) in [6.45, 7) is 9.28. The van der Waals surface area contributed by atoms with Crippen molar-refractivity contribution in [3.8, 4) is 5.75 Å². The standard InChI is InChI=1S/C14H20N2OS/c1-5-6-17-10-7-9(4)12-13(11(10)8(2)3)18-14(15)16-12/h7-8H,5-6H2,1-4H3,(H2,15,16). The van der Waals surface area contributed by atoms with Gasteiger partial charge in [0.1, 0.15) is 5.75 Å². The minimum atomic E-state index is 0.403. The molecule has 2 rings (SSSR count). The molecule has 0 aliphatic carbocycles. The largest absolute Gasteiger partial charge is 0.493 e. The van der Waals surface area contributed by atoms with E-state index in [0.717, 1.165) is 29.9 Å². The molecule has 0 atom stereocenters. The quantitative estimate of drug-likeness (QED) is 0.904. The molecule has 1 aromatic carbocycles. The van der Waals surface area contributed by atoms with Crippen molar-refractivity contribution in [1.29, 1.82) is 0 Å². The van der Waals surface area contributed by atoms with Gasteiger partial charge in [0, 0.05) is 5.56 Å². The van der Waals surface area contributed by atoms with Crippen LogP contribution < -0.4 is 10.5 Å². The van der Waals surface area contributed by atoms with Crippen LogP contribution >= 0.6 is 11.3 Å². The highest BCUT2D eigenvalue weighted by atomic mass is 32.1. The highest BCUT2D eigenvalue weighted by Crippen LogP contribution is 2.39. The lowest BCUT2D eigenvalue weighted by molar-refractivity contribution is 0.313. The van der Waals surface area contributed by atoms with E-state index in [4.69, 9.17) is 10.5 Å². The van der Waals surface area contributed by atoms with Crippen molar-refractivity contribution in [2.24, 2.45) is 0 Å². The number of hydrogen-bond acceptors (Lipinski definition) is 4. The third-order valence-electron chi connectivity index (χ3n) is 2.91. The zero-order chi connectivity index (χ0) is 13.3. The van der Waals surface area contributed by atoms with Crippen molar-refractivity contribution in [3.05, 3.63) is 17.2 Å². The third kappa shape index (κ3) is 2.29. The van der Waals surface area contributed by atoms with Crippen molar-refractivity contribution in [2.45, 2.75) is 40.0 Å². The summed E-state index contributed by atoms with van der Waals surface area (Å²) in [4.78, 5) is 4.42. The van der Waals surface area contributed by atoms with Gasteiger partial charge in [0.05, 0.1) is 16.8 Å². The van der Waals surface area contributed by atoms with Gasteiger partial charge in [-0.2, -0.15) is 0 Å². The Morgan fingerprint density at radius 1 is 1.44 bits per heavy atom. The molecule has 18 heavy (non-hydrogen) atoms. The maximum absolute atomic E-state index is 5.88. The molecule has 98 valence electrons. The maximum atomic E-state index is 5.88. The third-order valence-corrected chi connectivity index (χ3v) is 3.83. The van der Waals surface area contributed by atoms with Crippen molar-refractivity contribution in [2.75, 3.05) is 12.3 Å². The molecule has 0 fully saturated rings. The lowest BCUT2D eigenvalue weighted by atomic mass is 9.99. The van der Waals surface area contributed by atoms with E-state index < -0.39 is 0 Å². The van der Waals surface area contributed by atoms with Gasteiger partial charge < -0.3 is 10.5 Å². The van der Waals surface area contributed by atoms with Gasteiger partial charge >= 0.3 is 0 Å². The highest BCUT2D eigenvalue weighted by molar-refractivity contribution is 7.22. The van der Waals surface area contributed by atoms with Crippen LogP contribution in [0.3, 0.4) is 0 Å². The summed E-state index contributed by atoms with van der Waals surface area (Å²) in [5.41, 5.74) is 9.23. The van der Waals surface area contributed by atoms with Crippen LogP contribution in [-0.2, 0) is 0 Å². The monoisotopic (exact) mass is 264 g/mol. The number of nitrogens with zero attached hydrogens (tertiary/aromatic N) is 1. The van der Waals surface area contributed by atoms with Gasteiger partial charge in [0.25, 0.3) is 0 Å². The van der Waals surface area contributed by atoms with Gasteiger partial charge in [0.2, 0.25) is 0 Å². The first-order valence-electron chi connectivity index (χ1n) is 6.36. The fraction of sp³-hybridized carbons (Fsp3) is 0.500. The Kier molecular flexibility index (Phi) is 3.76. The first-order chi connectivity index (χ1) is 8.54. The Balaban J connectivity index is 2.65. The van der Waals surface area contributed by atoms with Crippen molar-refractivity contribution < 1.29 is 4.74 Å². The number of aromatic nitrogens is 1. The van der Waals surface area contributed by atoms with Crippen LogP contribution in [0, 0.1) is 6.92 Å². The Morgan fingerprint density at radius 2 is 2.17 bits per heavy atom. The van der Waals surface area contributed by atoms with E-state index in [0.29, 0.717) is 11.0 Å². The van der Waals surface area contributed by atoms with Crippen LogP contribution in [0.15, 0.2) is 6.07 Å². The maximum Gasteiger partial charge on any atom is 0.181 e. The molecule has 0 aliphatic rings. The molecule has 0 bridgehead atoms. The van der Waals surface area contributed by atoms with E-state index in [1.165, 1.54) is 10.3 Å². The van der Waals surface area contributed by atoms with Gasteiger partial charge in [-0.25, -0.2) is 4.98 Å². The topological polar surface area (TPSA) is 48.1 Å². The Morgan fingerprint density at radius 3 is 2.78 bits per heavy atom. The molecular weight excluding hydrogens is 244 g/mol. The van der Waals surface area contributed by atoms with Crippen LogP contribution in [0.25, 0.3) is 10.2 Å². The fourth-order valence-corrected chi connectivity index (χ4v) is 3.21. The molecule has 1 heterocycles. The van der Waals surface area contributed by atoms with Gasteiger partial charge in [-0.1, -0.05) is 32.1 Å². The lowest BCUT2D eigenvalue weighted by Crippen LogP contribution is -2.01. The van der Waals surface area contributed by atoms with Crippen molar-refractivity contribution in [3.63, 3.8) is 0 Å². The second kappa shape index (κ2) is 5.14. The van der Waals surface area contributed by atoms with E-state index >= 15 is 0 Å². The summed E-state index contributed by atoms with van der Waals surface area (Å²) in [6.07, 6.45) is 1.01. The highest BCUT2D eigenvalue weighted by Gasteiger charge is 2.17. The summed E-state index contributed by atoms with van der Waals surface area (Å²) in [7, 11) is 0. The van der Waals surface area contributed by atoms with E-state index in [1.807, 2.05) is 0 Å². The Hall–Kier alpha value is -1.29. The summed E-state index contributed by atoms with van der Waals surface area (Å²) in [5, 5.41) is 0.627. The summed E-state index contributed by atoms with van der Waals surface area (Å²) in [5.74, 6) is 1.39. The summed E-state index contributed by atoms with van der Waals surface area (Å²) in [6, 6.07) is 2.09. The first kappa shape index (κ1) is 13.1. The first-order valence-corrected chi connectivity index (χ1v) is 7.18. The van der Waals surface area contributed by atoms with Crippen molar-refractivity contribution >= 4 is 26.7 Å². The predicted octanol–water partition coefficient (Wildman–Crippen LogP) is 4.10. The molecule has 0 spiro atoms. The van der Waals surface area contributed by atoms with E-state index in [2.05, 4.69) is 38.7 Å². The zero-order valence-corrected chi connectivity index (χ0v) is 12.2. The molecule has 2 aromatic rings. The molecule has 0 saturated carbocycles. The molecule has 2 N–H and O–H groups in total. The van der Waals surface area contributed by atoms with E-state index in [9.17, 15) is 0 Å². The molecule has 0 unspecified atom stereocenters. The number of hydrogen-bond donors (Lipinski definition) is 1. The van der Waals surface area contributed by atoms with Gasteiger partial charge in [-0.3, -0.25) is 0 Å². The smallest absolute Gasteiger partial charge is 0.181 e. The van der Waals surface area contributed by atoms with E-state index in [1.54, 1.807) is 11.3 Å². The van der Waals surface area contributed by atoms with Crippen LogP contribution in [0.5, 0.6) is 5.75 Å². The number of fused-ring (bicyclic) bond motifs is 1. The number of aryl methyl sites for hydroxylation is 1. The molecule has 4 heteroatoms. The number of nitrogen functional groups attached to an aromatic ring is 1. The molecule has 1 aromatic heterocycles.